The summed E-state index contributed by atoms with van der Waals surface area (Å²) in [5, 5.41) is 3.48. The molecule has 0 radical (unpaired) electrons. The van der Waals surface area contributed by atoms with E-state index in [1.807, 2.05) is 12.3 Å². The van der Waals surface area contributed by atoms with Crippen LogP contribution in [0, 0.1) is 5.92 Å². The molecule has 1 aliphatic carbocycles. The van der Waals surface area contributed by atoms with Crippen LogP contribution in [0.15, 0.2) is 29.4 Å². The molecular formula is C19H33IN6. The van der Waals surface area contributed by atoms with Crippen LogP contribution < -0.4 is 10.2 Å². The molecule has 0 amide bonds. The van der Waals surface area contributed by atoms with E-state index in [0.717, 1.165) is 57.0 Å². The van der Waals surface area contributed by atoms with Crippen molar-refractivity contribution < 1.29 is 0 Å². The van der Waals surface area contributed by atoms with Crippen LogP contribution in [0.25, 0.3) is 0 Å². The largest absolute Gasteiger partial charge is 0.357 e. The van der Waals surface area contributed by atoms with Crippen molar-refractivity contribution in [2.24, 2.45) is 10.9 Å². The van der Waals surface area contributed by atoms with E-state index in [1.54, 1.807) is 0 Å². The molecule has 0 spiro atoms. The molecule has 1 aliphatic heterocycles. The number of anilines is 1. The number of guanidine groups is 1. The number of nitrogens with one attached hydrogen (secondary N) is 1. The second-order valence-electron chi connectivity index (χ2n) is 7.23. The van der Waals surface area contributed by atoms with E-state index >= 15 is 0 Å². The van der Waals surface area contributed by atoms with Crippen molar-refractivity contribution in [2.45, 2.75) is 25.8 Å². The summed E-state index contributed by atoms with van der Waals surface area (Å²) in [6.07, 6.45) is 4.59. The zero-order valence-corrected chi connectivity index (χ0v) is 18.6. The van der Waals surface area contributed by atoms with Crippen LogP contribution in [0.2, 0.25) is 0 Å². The van der Waals surface area contributed by atoms with Crippen molar-refractivity contribution in [3.63, 3.8) is 0 Å². The highest BCUT2D eigenvalue weighted by Crippen LogP contribution is 2.34. The van der Waals surface area contributed by atoms with Crippen LogP contribution >= 0.6 is 24.0 Å². The lowest BCUT2D eigenvalue weighted by Crippen LogP contribution is -2.53. The summed E-state index contributed by atoms with van der Waals surface area (Å²) in [4.78, 5) is 16.5. The van der Waals surface area contributed by atoms with Gasteiger partial charge in [0.2, 0.25) is 0 Å². The van der Waals surface area contributed by atoms with Crippen molar-refractivity contribution >= 4 is 35.8 Å². The number of pyridine rings is 1. The summed E-state index contributed by atoms with van der Waals surface area (Å²) in [7, 11) is 4.36. The Balaban J connectivity index is 0.00000243. The van der Waals surface area contributed by atoms with Gasteiger partial charge in [-0.15, -0.1) is 24.0 Å². The fourth-order valence-corrected chi connectivity index (χ4v) is 3.51. The maximum atomic E-state index is 4.97. The Labute approximate surface area is 175 Å². The highest BCUT2D eigenvalue weighted by Gasteiger charge is 2.32. The molecule has 0 bridgehead atoms. The predicted molar refractivity (Wildman–Crippen MR) is 120 cm³/mol. The first-order chi connectivity index (χ1) is 12.2. The molecule has 1 saturated carbocycles. The molecule has 0 aromatic carbocycles. The molecule has 2 aliphatic rings. The first-order valence-corrected chi connectivity index (χ1v) is 9.54. The van der Waals surface area contributed by atoms with Gasteiger partial charge in [0.25, 0.3) is 0 Å². The summed E-state index contributed by atoms with van der Waals surface area (Å²) >= 11 is 0. The zero-order chi connectivity index (χ0) is 17.6. The van der Waals surface area contributed by atoms with E-state index in [-0.39, 0.29) is 24.0 Å². The molecule has 1 unspecified atom stereocenters. The molecule has 2 heterocycles. The fourth-order valence-electron chi connectivity index (χ4n) is 3.51. The molecule has 1 saturated heterocycles. The number of likely N-dealkylation sites (N-methyl/N-ethyl adjacent to an activating group) is 1. The van der Waals surface area contributed by atoms with E-state index in [2.05, 4.69) is 58.2 Å². The van der Waals surface area contributed by atoms with Gasteiger partial charge in [-0.05, 0) is 51.9 Å². The minimum Gasteiger partial charge on any atom is -0.357 e. The van der Waals surface area contributed by atoms with Gasteiger partial charge in [-0.1, -0.05) is 6.07 Å². The summed E-state index contributed by atoms with van der Waals surface area (Å²) < 4.78 is 0. The van der Waals surface area contributed by atoms with Crippen LogP contribution in [0.4, 0.5) is 5.82 Å². The van der Waals surface area contributed by atoms with E-state index in [1.165, 1.54) is 12.8 Å². The number of halogens is 1. The second kappa shape index (κ2) is 10.3. The Morgan fingerprint density at radius 2 is 2.00 bits per heavy atom. The summed E-state index contributed by atoms with van der Waals surface area (Å²) in [5.74, 6) is 2.98. The zero-order valence-electron chi connectivity index (χ0n) is 16.3. The average molecular weight is 472 g/mol. The highest BCUT2D eigenvalue weighted by molar-refractivity contribution is 14.0. The Morgan fingerprint density at radius 3 is 2.54 bits per heavy atom. The number of hydrogen-bond acceptors (Lipinski definition) is 4. The molecule has 1 N–H and O–H groups in total. The SMILES string of the molecule is CCNC(=NCC(C1CC1)N(C)C)N1CCN(c2ccccn2)CC1.I. The molecule has 1 aromatic rings. The van der Waals surface area contributed by atoms with Crippen molar-refractivity contribution in [2.75, 3.05) is 58.3 Å². The van der Waals surface area contributed by atoms with Crippen LogP contribution in [0.1, 0.15) is 19.8 Å². The van der Waals surface area contributed by atoms with E-state index in [0.29, 0.717) is 6.04 Å². The van der Waals surface area contributed by atoms with Crippen molar-refractivity contribution in [3.8, 4) is 0 Å². The molecule has 26 heavy (non-hydrogen) atoms. The molecule has 7 heteroatoms. The third kappa shape index (κ3) is 5.70. The van der Waals surface area contributed by atoms with Gasteiger partial charge in [0.15, 0.2) is 5.96 Å². The number of nitrogens with zero attached hydrogens (tertiary/aromatic N) is 5. The monoisotopic (exact) mass is 472 g/mol. The number of rotatable bonds is 6. The second-order valence-corrected chi connectivity index (χ2v) is 7.23. The van der Waals surface area contributed by atoms with Gasteiger partial charge < -0.3 is 20.0 Å². The van der Waals surface area contributed by atoms with E-state index in [4.69, 9.17) is 4.99 Å². The lowest BCUT2D eigenvalue weighted by Gasteiger charge is -2.37. The standard InChI is InChI=1S/C19H32N6.HI/c1-4-20-19(22-15-17(23(2)3)16-8-9-16)25-13-11-24(12-14-25)18-7-5-6-10-21-18;/h5-7,10,16-17H,4,8-9,11-15H2,1-3H3,(H,20,22);1H. The predicted octanol–water partition coefficient (Wildman–Crippen LogP) is 2.13. The number of aliphatic imine (C=N–C) groups is 1. The maximum absolute atomic E-state index is 4.97. The first kappa shape index (κ1) is 21.2. The average Bonchev–Trinajstić information content (AvgIpc) is 3.47. The summed E-state index contributed by atoms with van der Waals surface area (Å²) in [6.45, 7) is 7.89. The summed E-state index contributed by atoms with van der Waals surface area (Å²) in [5.41, 5.74) is 0. The Hall–Kier alpha value is -1.09. The van der Waals surface area contributed by atoms with Gasteiger partial charge >= 0.3 is 0 Å². The Kier molecular flexibility index (Phi) is 8.40. The third-order valence-corrected chi connectivity index (χ3v) is 5.14. The minimum atomic E-state index is 0. The highest BCUT2D eigenvalue weighted by atomic mass is 127. The molecular weight excluding hydrogens is 439 g/mol. The molecule has 6 nitrogen and oxygen atoms in total. The molecule has 3 rings (SSSR count). The van der Waals surface area contributed by atoms with E-state index in [9.17, 15) is 0 Å². The molecule has 2 fully saturated rings. The quantitative estimate of drug-likeness (QED) is 0.391. The summed E-state index contributed by atoms with van der Waals surface area (Å²) in [6, 6.07) is 6.69. The van der Waals surface area contributed by atoms with E-state index < -0.39 is 0 Å². The van der Waals surface area contributed by atoms with Gasteiger partial charge in [-0.2, -0.15) is 0 Å². The molecule has 1 atom stereocenters. The Bertz CT molecular complexity index is 550. The van der Waals surface area contributed by atoms with Crippen LogP contribution in [0.5, 0.6) is 0 Å². The van der Waals surface area contributed by atoms with Gasteiger partial charge in [0.1, 0.15) is 5.82 Å². The third-order valence-electron chi connectivity index (χ3n) is 5.14. The van der Waals surface area contributed by atoms with Gasteiger partial charge in [0, 0.05) is 45.0 Å². The van der Waals surface area contributed by atoms with Crippen LogP contribution in [0.3, 0.4) is 0 Å². The number of piperazine rings is 1. The van der Waals surface area contributed by atoms with Crippen molar-refractivity contribution in [1.29, 1.82) is 0 Å². The normalized spacial score (nSPS) is 19.3. The molecule has 1 aromatic heterocycles. The first-order valence-electron chi connectivity index (χ1n) is 9.54. The van der Waals surface area contributed by atoms with Gasteiger partial charge in [-0.25, -0.2) is 4.98 Å². The smallest absolute Gasteiger partial charge is 0.194 e. The minimum absolute atomic E-state index is 0. The van der Waals surface area contributed by atoms with Gasteiger partial charge in [-0.3, -0.25) is 4.99 Å². The van der Waals surface area contributed by atoms with Crippen LogP contribution in [-0.2, 0) is 0 Å². The Morgan fingerprint density at radius 1 is 1.27 bits per heavy atom. The topological polar surface area (TPSA) is 47.0 Å². The maximum Gasteiger partial charge on any atom is 0.194 e. The lowest BCUT2D eigenvalue weighted by molar-refractivity contribution is 0.269. The fraction of sp³-hybridized carbons (Fsp3) is 0.684. The van der Waals surface area contributed by atoms with Crippen molar-refractivity contribution in [3.05, 3.63) is 24.4 Å². The van der Waals surface area contributed by atoms with Crippen LogP contribution in [-0.4, -0.2) is 80.1 Å². The lowest BCUT2D eigenvalue weighted by atomic mass is 10.2. The molecule has 146 valence electrons. The number of aromatic nitrogens is 1. The number of hydrogen-bond donors (Lipinski definition) is 1. The van der Waals surface area contributed by atoms with Crippen molar-refractivity contribution in [1.82, 2.24) is 20.1 Å². The van der Waals surface area contributed by atoms with Gasteiger partial charge in [0.05, 0.1) is 6.54 Å².